The fourth-order valence-electron chi connectivity index (χ4n) is 4.31. The molecule has 43 heavy (non-hydrogen) atoms. The summed E-state index contributed by atoms with van der Waals surface area (Å²) in [6, 6.07) is 9.50. The summed E-state index contributed by atoms with van der Waals surface area (Å²) in [5.74, 6) is -1.83. The van der Waals surface area contributed by atoms with Crippen molar-refractivity contribution >= 4 is 46.9 Å². The van der Waals surface area contributed by atoms with E-state index in [1.54, 1.807) is 25.3 Å². The number of hydrogen-bond donors (Lipinski definition) is 1. The quantitative estimate of drug-likeness (QED) is 0.102. The molecule has 15 heteroatoms. The molecule has 228 valence electrons. The van der Waals surface area contributed by atoms with Crippen LogP contribution in [0.4, 0.5) is 11.4 Å². The molecule has 1 aliphatic rings. The Labute approximate surface area is 250 Å². The molecule has 1 heterocycles. The van der Waals surface area contributed by atoms with Crippen molar-refractivity contribution in [2.45, 2.75) is 45.4 Å². The Hall–Kier alpha value is -4.79. The van der Waals surface area contributed by atoms with Gasteiger partial charge in [0.1, 0.15) is 19.2 Å². The molecule has 2 aromatic carbocycles. The number of hydrogen-bond acceptors (Lipinski definition) is 11. The maximum absolute atomic E-state index is 13.1. The van der Waals surface area contributed by atoms with Crippen molar-refractivity contribution in [2.75, 3.05) is 18.9 Å². The number of likely N-dealkylation sites (tertiary alicyclic amines) is 1. The van der Waals surface area contributed by atoms with E-state index in [-0.39, 0.29) is 49.0 Å². The molecule has 2 atom stereocenters. The summed E-state index contributed by atoms with van der Waals surface area (Å²) < 4.78 is 10.2. The third-order valence-electron chi connectivity index (χ3n) is 6.37. The van der Waals surface area contributed by atoms with Gasteiger partial charge in [0.25, 0.3) is 11.4 Å². The fraction of sp³-hybridized carbons (Fsp3) is 0.357. The van der Waals surface area contributed by atoms with E-state index in [9.17, 15) is 39.4 Å². The lowest BCUT2D eigenvalue weighted by Crippen LogP contribution is -2.71. The summed E-state index contributed by atoms with van der Waals surface area (Å²) >= 11 is 1.30. The predicted octanol–water partition coefficient (Wildman–Crippen LogP) is 3.07. The Bertz CT molecular complexity index is 1410. The first-order valence-corrected chi connectivity index (χ1v) is 14.2. The number of ether oxygens (including phenoxy) is 2. The molecule has 1 saturated heterocycles. The van der Waals surface area contributed by atoms with Gasteiger partial charge in [-0.2, -0.15) is 0 Å². The van der Waals surface area contributed by atoms with Gasteiger partial charge in [-0.1, -0.05) is 18.2 Å². The van der Waals surface area contributed by atoms with Crippen LogP contribution >= 0.6 is 11.8 Å². The highest BCUT2D eigenvalue weighted by Gasteiger charge is 2.49. The van der Waals surface area contributed by atoms with E-state index in [4.69, 9.17) is 9.47 Å². The molecule has 14 nitrogen and oxygen atoms in total. The monoisotopic (exact) mass is 614 g/mol. The number of nitro benzene ring substituents is 2. The average Bonchev–Trinajstić information content (AvgIpc) is 2.97. The number of nitrogens with zero attached hydrogens (tertiary/aromatic N) is 3. The van der Waals surface area contributed by atoms with Gasteiger partial charge >= 0.3 is 11.9 Å². The summed E-state index contributed by atoms with van der Waals surface area (Å²) in [6.07, 6.45) is -0.164. The number of nitrogens with one attached hydrogen (secondary N) is 1. The van der Waals surface area contributed by atoms with Gasteiger partial charge in [-0.3, -0.25) is 39.4 Å². The highest BCUT2D eigenvalue weighted by atomic mass is 32.2. The van der Waals surface area contributed by atoms with Crippen molar-refractivity contribution in [1.82, 2.24) is 10.2 Å². The van der Waals surface area contributed by atoms with Gasteiger partial charge in [-0.25, -0.2) is 0 Å². The Kier molecular flexibility index (Phi) is 11.8. The van der Waals surface area contributed by atoms with Crippen molar-refractivity contribution in [3.63, 3.8) is 0 Å². The Balaban J connectivity index is 1.68. The first-order chi connectivity index (χ1) is 20.5. The number of carbonyl (C=O) groups excluding carboxylic acids is 4. The summed E-state index contributed by atoms with van der Waals surface area (Å²) in [6.45, 7) is 3.10. The van der Waals surface area contributed by atoms with Gasteiger partial charge in [0.05, 0.1) is 35.3 Å². The smallest absolute Gasteiger partial charge is 0.326 e. The van der Waals surface area contributed by atoms with Crippen LogP contribution in [-0.2, 0) is 41.7 Å². The maximum atomic E-state index is 13.1. The van der Waals surface area contributed by atoms with Crippen molar-refractivity contribution in [1.29, 1.82) is 0 Å². The Morgan fingerprint density at radius 1 is 1.02 bits per heavy atom. The molecule has 0 spiro atoms. The van der Waals surface area contributed by atoms with Crippen LogP contribution in [0.5, 0.6) is 0 Å². The fourth-order valence-corrected chi connectivity index (χ4v) is 5.11. The summed E-state index contributed by atoms with van der Waals surface area (Å²) in [5, 5.41) is 26.5. The van der Waals surface area contributed by atoms with Gasteiger partial charge in [-0.15, -0.1) is 11.8 Å². The number of amides is 2. The van der Waals surface area contributed by atoms with Crippen molar-refractivity contribution in [3.05, 3.63) is 90.9 Å². The molecule has 0 saturated carbocycles. The summed E-state index contributed by atoms with van der Waals surface area (Å²) in [5.41, 5.74) is 0.996. The zero-order chi connectivity index (χ0) is 31.5. The molecule has 0 aliphatic carbocycles. The zero-order valence-corrected chi connectivity index (χ0v) is 24.2. The van der Waals surface area contributed by atoms with Crippen LogP contribution < -0.4 is 5.32 Å². The summed E-state index contributed by atoms with van der Waals surface area (Å²) in [7, 11) is 0. The van der Waals surface area contributed by atoms with Gasteiger partial charge in [0, 0.05) is 29.5 Å². The van der Waals surface area contributed by atoms with Crippen LogP contribution in [0.15, 0.2) is 59.5 Å². The SMILES string of the molecule is CCOC(=O)CCSC=C(C)C1C(NC(=O)Cc2ccccc2[N+](=O)[O-])C(=O)N1CC(=O)OCc1ccc([N+](=O)[O-])cc1. The normalized spacial score (nSPS) is 16.2. The second-order valence-corrected chi connectivity index (χ2v) is 10.4. The van der Waals surface area contributed by atoms with E-state index in [1.807, 2.05) is 0 Å². The lowest BCUT2D eigenvalue weighted by molar-refractivity contribution is -0.385. The molecule has 1 aliphatic heterocycles. The first-order valence-electron chi connectivity index (χ1n) is 13.2. The molecule has 2 unspecified atom stereocenters. The zero-order valence-electron chi connectivity index (χ0n) is 23.4. The second kappa shape index (κ2) is 15.4. The van der Waals surface area contributed by atoms with E-state index in [1.165, 1.54) is 59.1 Å². The van der Waals surface area contributed by atoms with Crippen LogP contribution in [0.1, 0.15) is 31.4 Å². The molecule has 3 rings (SSSR count). The third-order valence-corrected chi connectivity index (χ3v) is 7.35. The van der Waals surface area contributed by atoms with Crippen LogP contribution in [0.2, 0.25) is 0 Å². The van der Waals surface area contributed by atoms with Crippen LogP contribution in [0.3, 0.4) is 0 Å². The van der Waals surface area contributed by atoms with E-state index >= 15 is 0 Å². The molecule has 1 fully saturated rings. The third kappa shape index (κ3) is 9.10. The molecule has 1 N–H and O–H groups in total. The van der Waals surface area contributed by atoms with Gasteiger partial charge < -0.3 is 19.7 Å². The highest BCUT2D eigenvalue weighted by molar-refractivity contribution is 8.02. The number of non-ortho nitro benzene ring substituents is 1. The van der Waals surface area contributed by atoms with Crippen LogP contribution in [0, 0.1) is 20.2 Å². The number of nitro groups is 2. The minimum absolute atomic E-state index is 0.110. The average molecular weight is 615 g/mol. The van der Waals surface area contributed by atoms with E-state index in [2.05, 4.69) is 5.32 Å². The minimum Gasteiger partial charge on any atom is -0.466 e. The molecule has 2 amide bonds. The minimum atomic E-state index is -1.03. The van der Waals surface area contributed by atoms with E-state index in [0.717, 1.165) is 0 Å². The number of para-hydroxylation sites is 1. The standard InChI is InChI=1S/C28H30N4O10S/c1-3-41-24(34)12-13-43-17-18(2)27-26(29-23(33)14-20-6-4-5-7-22(20)32(39)40)28(36)30(27)15-25(35)42-16-19-8-10-21(11-9-19)31(37)38/h4-11,17,26-27H,3,12-16H2,1-2H3,(H,29,33). The molecular formula is C28H30N4O10S. The van der Waals surface area contributed by atoms with E-state index < -0.39 is 46.3 Å². The Morgan fingerprint density at radius 3 is 2.37 bits per heavy atom. The van der Waals surface area contributed by atoms with Crippen LogP contribution in [0.25, 0.3) is 0 Å². The van der Waals surface area contributed by atoms with Crippen molar-refractivity contribution in [2.24, 2.45) is 0 Å². The van der Waals surface area contributed by atoms with Crippen molar-refractivity contribution < 1.29 is 38.5 Å². The largest absolute Gasteiger partial charge is 0.466 e. The maximum Gasteiger partial charge on any atom is 0.326 e. The number of β-lactam (4-membered cyclic amide) rings is 1. The molecule has 0 aromatic heterocycles. The van der Waals surface area contributed by atoms with Gasteiger partial charge in [0.2, 0.25) is 11.8 Å². The lowest BCUT2D eigenvalue weighted by Gasteiger charge is -2.47. The molecule has 2 aromatic rings. The van der Waals surface area contributed by atoms with Gasteiger partial charge in [-0.05, 0) is 42.5 Å². The second-order valence-electron chi connectivity index (χ2n) is 9.39. The Morgan fingerprint density at radius 2 is 1.72 bits per heavy atom. The first kappa shape index (κ1) is 32.7. The van der Waals surface area contributed by atoms with Crippen molar-refractivity contribution in [3.8, 4) is 0 Å². The summed E-state index contributed by atoms with van der Waals surface area (Å²) in [4.78, 5) is 72.4. The molecule has 0 radical (unpaired) electrons. The number of thioether (sulfide) groups is 1. The number of benzene rings is 2. The highest BCUT2D eigenvalue weighted by Crippen LogP contribution is 2.29. The van der Waals surface area contributed by atoms with E-state index in [0.29, 0.717) is 16.9 Å². The topological polar surface area (TPSA) is 188 Å². The molecule has 0 bridgehead atoms. The predicted molar refractivity (Wildman–Crippen MR) is 155 cm³/mol. The van der Waals surface area contributed by atoms with Gasteiger partial charge in [0.15, 0.2) is 0 Å². The number of rotatable bonds is 15. The van der Waals surface area contributed by atoms with Crippen LogP contribution in [-0.4, -0.2) is 69.5 Å². The lowest BCUT2D eigenvalue weighted by atomic mass is 9.89. The number of esters is 2. The number of carbonyl (C=O) groups is 4. The molecular weight excluding hydrogens is 584 g/mol.